The lowest BCUT2D eigenvalue weighted by Crippen LogP contribution is -2.58. The molecule has 1 saturated carbocycles. The SMILES string of the molecule is CC(C)(C)OC(=O)NC1CCCC1C(N)(c1cccc(F)c1)C1CCN(Cc2ccccc2)CC1. The standard InChI is InChI=1S/C29H40FN3O2/c1-28(2,3)35-27(34)32-26-14-8-13-25(26)29(31,23-11-7-12-24(30)19-23)22-15-17-33(18-16-22)20-21-9-5-4-6-10-21/h4-7,9-12,19,22,25-26H,8,13-18,20,31H2,1-3H3,(H,32,34). The van der Waals surface area contributed by atoms with E-state index in [1.54, 1.807) is 12.1 Å². The summed E-state index contributed by atoms with van der Waals surface area (Å²) < 4.78 is 19.9. The van der Waals surface area contributed by atoms with Gasteiger partial charge >= 0.3 is 6.09 Å². The predicted octanol–water partition coefficient (Wildman–Crippen LogP) is 5.59. The number of benzene rings is 2. The van der Waals surface area contributed by atoms with Gasteiger partial charge < -0.3 is 15.8 Å². The second kappa shape index (κ2) is 10.7. The molecule has 0 radical (unpaired) electrons. The summed E-state index contributed by atoms with van der Waals surface area (Å²) in [6.07, 6.45) is 4.20. The Hall–Kier alpha value is -2.44. The number of rotatable bonds is 6. The van der Waals surface area contributed by atoms with Crippen molar-refractivity contribution in [1.29, 1.82) is 0 Å². The largest absolute Gasteiger partial charge is 0.444 e. The van der Waals surface area contributed by atoms with Crippen LogP contribution in [0.2, 0.25) is 0 Å². The van der Waals surface area contributed by atoms with Crippen molar-refractivity contribution in [1.82, 2.24) is 10.2 Å². The summed E-state index contributed by atoms with van der Waals surface area (Å²) in [5.41, 5.74) is 8.24. The Morgan fingerprint density at radius 2 is 1.77 bits per heavy atom. The second-order valence-corrected chi connectivity index (χ2v) is 11.3. The smallest absolute Gasteiger partial charge is 0.407 e. The van der Waals surface area contributed by atoms with Crippen LogP contribution in [0.5, 0.6) is 0 Å². The maximum atomic E-state index is 14.4. The first-order valence-corrected chi connectivity index (χ1v) is 13.0. The van der Waals surface area contributed by atoms with Crippen LogP contribution in [0.4, 0.5) is 9.18 Å². The highest BCUT2D eigenvalue weighted by Crippen LogP contribution is 2.47. The molecule has 1 aliphatic carbocycles. The quantitative estimate of drug-likeness (QED) is 0.565. The van der Waals surface area contributed by atoms with Gasteiger partial charge in [0, 0.05) is 24.0 Å². The summed E-state index contributed by atoms with van der Waals surface area (Å²) in [5.74, 6) is -0.0571. The maximum Gasteiger partial charge on any atom is 0.407 e. The fraction of sp³-hybridized carbons (Fsp3) is 0.552. The van der Waals surface area contributed by atoms with Crippen molar-refractivity contribution in [2.75, 3.05) is 13.1 Å². The molecule has 5 nitrogen and oxygen atoms in total. The number of amides is 1. The van der Waals surface area contributed by atoms with Crippen LogP contribution >= 0.6 is 0 Å². The van der Waals surface area contributed by atoms with E-state index in [2.05, 4.69) is 34.5 Å². The van der Waals surface area contributed by atoms with Crippen LogP contribution in [0.25, 0.3) is 0 Å². The summed E-state index contributed by atoms with van der Waals surface area (Å²) in [4.78, 5) is 15.1. The third-order valence-corrected chi connectivity index (χ3v) is 7.67. The average molecular weight is 482 g/mol. The first-order chi connectivity index (χ1) is 16.6. The number of halogens is 1. The topological polar surface area (TPSA) is 67.6 Å². The molecule has 1 saturated heterocycles. The Balaban J connectivity index is 1.54. The van der Waals surface area contributed by atoms with Crippen molar-refractivity contribution < 1.29 is 13.9 Å². The van der Waals surface area contributed by atoms with Gasteiger partial charge in [0.2, 0.25) is 0 Å². The minimum Gasteiger partial charge on any atom is -0.444 e. The van der Waals surface area contributed by atoms with E-state index in [1.807, 2.05) is 32.9 Å². The molecule has 2 aromatic carbocycles. The Bertz CT molecular complexity index is 985. The van der Waals surface area contributed by atoms with Gasteiger partial charge in [0.1, 0.15) is 11.4 Å². The van der Waals surface area contributed by atoms with Crippen LogP contribution in [0.15, 0.2) is 54.6 Å². The minimum atomic E-state index is -0.725. The number of piperidine rings is 1. The summed E-state index contributed by atoms with van der Waals surface area (Å²) in [5, 5.41) is 3.11. The molecule has 1 heterocycles. The number of carbonyl (C=O) groups is 1. The number of alkyl carbamates (subject to hydrolysis) is 1. The van der Waals surface area contributed by atoms with E-state index in [4.69, 9.17) is 10.5 Å². The molecule has 2 fully saturated rings. The average Bonchev–Trinajstić information content (AvgIpc) is 3.27. The van der Waals surface area contributed by atoms with Crippen LogP contribution in [-0.2, 0) is 16.8 Å². The van der Waals surface area contributed by atoms with Gasteiger partial charge in [0.15, 0.2) is 0 Å². The predicted molar refractivity (Wildman–Crippen MR) is 137 cm³/mol. The number of nitrogens with zero attached hydrogens (tertiary/aromatic N) is 1. The van der Waals surface area contributed by atoms with Gasteiger partial charge in [0.05, 0.1) is 0 Å². The number of hydrogen-bond acceptors (Lipinski definition) is 4. The monoisotopic (exact) mass is 481 g/mol. The minimum absolute atomic E-state index is 0.0162. The Morgan fingerprint density at radius 3 is 2.43 bits per heavy atom. The fourth-order valence-electron chi connectivity index (χ4n) is 6.08. The van der Waals surface area contributed by atoms with E-state index in [9.17, 15) is 9.18 Å². The van der Waals surface area contributed by atoms with Gasteiger partial charge in [-0.25, -0.2) is 9.18 Å². The van der Waals surface area contributed by atoms with Crippen LogP contribution < -0.4 is 11.1 Å². The molecule has 2 aromatic rings. The van der Waals surface area contributed by atoms with Gasteiger partial charge in [0.25, 0.3) is 0 Å². The Morgan fingerprint density at radius 1 is 1.06 bits per heavy atom. The van der Waals surface area contributed by atoms with E-state index in [0.29, 0.717) is 0 Å². The van der Waals surface area contributed by atoms with Crippen molar-refractivity contribution in [3.63, 3.8) is 0 Å². The molecule has 0 spiro atoms. The fourth-order valence-corrected chi connectivity index (χ4v) is 6.08. The molecule has 4 rings (SSSR count). The Kier molecular flexibility index (Phi) is 7.82. The normalized spacial score (nSPS) is 23.6. The first kappa shape index (κ1) is 25.6. The van der Waals surface area contributed by atoms with Gasteiger partial charge in [-0.05, 0) is 88.7 Å². The lowest BCUT2D eigenvalue weighted by Gasteiger charge is -2.48. The first-order valence-electron chi connectivity index (χ1n) is 13.0. The van der Waals surface area contributed by atoms with Crippen LogP contribution in [0, 0.1) is 17.7 Å². The molecule has 1 amide bonds. The van der Waals surface area contributed by atoms with E-state index < -0.39 is 17.2 Å². The zero-order valence-electron chi connectivity index (χ0n) is 21.3. The molecule has 6 heteroatoms. The molecule has 3 N–H and O–H groups in total. The number of nitrogens with one attached hydrogen (secondary N) is 1. The molecule has 3 unspecified atom stereocenters. The van der Waals surface area contributed by atoms with Crippen molar-refractivity contribution in [2.45, 2.75) is 76.6 Å². The molecular formula is C29H40FN3O2. The van der Waals surface area contributed by atoms with E-state index in [-0.39, 0.29) is 23.7 Å². The molecule has 190 valence electrons. The lowest BCUT2D eigenvalue weighted by atomic mass is 9.65. The van der Waals surface area contributed by atoms with Crippen LogP contribution in [0.1, 0.15) is 64.0 Å². The molecule has 0 bridgehead atoms. The van der Waals surface area contributed by atoms with Gasteiger partial charge in [-0.2, -0.15) is 0 Å². The number of nitrogens with two attached hydrogens (primary N) is 1. The van der Waals surface area contributed by atoms with Gasteiger partial charge in [-0.1, -0.05) is 48.9 Å². The highest BCUT2D eigenvalue weighted by atomic mass is 19.1. The Labute approximate surface area is 209 Å². The summed E-state index contributed by atoms with van der Waals surface area (Å²) in [7, 11) is 0. The van der Waals surface area contributed by atoms with Crippen molar-refractivity contribution in [3.05, 3.63) is 71.5 Å². The van der Waals surface area contributed by atoms with Gasteiger partial charge in [-0.15, -0.1) is 0 Å². The zero-order chi connectivity index (χ0) is 25.1. The van der Waals surface area contributed by atoms with E-state index in [0.717, 1.165) is 57.3 Å². The van der Waals surface area contributed by atoms with E-state index >= 15 is 0 Å². The van der Waals surface area contributed by atoms with Crippen molar-refractivity contribution in [2.24, 2.45) is 17.6 Å². The summed E-state index contributed by atoms with van der Waals surface area (Å²) in [6, 6.07) is 17.2. The molecule has 3 atom stereocenters. The highest BCUT2D eigenvalue weighted by Gasteiger charge is 2.49. The molecule has 1 aliphatic heterocycles. The maximum absolute atomic E-state index is 14.4. The van der Waals surface area contributed by atoms with Crippen LogP contribution in [0.3, 0.4) is 0 Å². The third-order valence-electron chi connectivity index (χ3n) is 7.67. The summed E-state index contributed by atoms with van der Waals surface area (Å²) in [6.45, 7) is 8.42. The lowest BCUT2D eigenvalue weighted by molar-refractivity contribution is 0.0422. The summed E-state index contributed by atoms with van der Waals surface area (Å²) >= 11 is 0. The number of likely N-dealkylation sites (tertiary alicyclic amines) is 1. The van der Waals surface area contributed by atoms with Crippen LogP contribution in [-0.4, -0.2) is 35.7 Å². The highest BCUT2D eigenvalue weighted by molar-refractivity contribution is 5.68. The third kappa shape index (κ3) is 6.22. The molecular weight excluding hydrogens is 441 g/mol. The molecule has 2 aliphatic rings. The number of hydrogen-bond donors (Lipinski definition) is 2. The van der Waals surface area contributed by atoms with Crippen molar-refractivity contribution in [3.8, 4) is 0 Å². The number of ether oxygens (including phenoxy) is 1. The zero-order valence-corrected chi connectivity index (χ0v) is 21.3. The van der Waals surface area contributed by atoms with Crippen molar-refractivity contribution >= 4 is 6.09 Å². The molecule has 0 aromatic heterocycles. The second-order valence-electron chi connectivity index (χ2n) is 11.3. The molecule has 35 heavy (non-hydrogen) atoms. The number of carbonyl (C=O) groups excluding carboxylic acids is 1. The van der Waals surface area contributed by atoms with E-state index in [1.165, 1.54) is 11.6 Å². The van der Waals surface area contributed by atoms with Gasteiger partial charge in [-0.3, -0.25) is 4.90 Å².